The first-order valence-corrected chi connectivity index (χ1v) is 10.2. The maximum atomic E-state index is 12.6. The molecule has 2 N–H and O–H groups in total. The van der Waals surface area contributed by atoms with Crippen molar-refractivity contribution < 1.29 is 14.0 Å². The summed E-state index contributed by atoms with van der Waals surface area (Å²) in [5, 5.41) is 6.44. The third kappa shape index (κ3) is 5.79. The van der Waals surface area contributed by atoms with Gasteiger partial charge in [-0.15, -0.1) is 0 Å². The molecule has 7 heteroatoms. The van der Waals surface area contributed by atoms with Crippen LogP contribution in [0.1, 0.15) is 30.5 Å². The fourth-order valence-corrected chi connectivity index (χ4v) is 3.38. The normalized spacial score (nSPS) is 11.0. The molecular weight excluding hydrogens is 394 g/mol. The van der Waals surface area contributed by atoms with Gasteiger partial charge in [-0.3, -0.25) is 14.5 Å². The number of aryl methyl sites for hydroxylation is 2. The van der Waals surface area contributed by atoms with E-state index in [1.54, 1.807) is 24.3 Å². The van der Waals surface area contributed by atoms with Gasteiger partial charge in [0.25, 0.3) is 0 Å². The molecule has 162 valence electrons. The van der Waals surface area contributed by atoms with E-state index < -0.39 is 5.63 Å². The standard InChI is InChI=1S/C24H27N3O4/c1-5-27(14-23(29)26-20-8-6-19(7-9-20)25-17(4)28)13-18-12-24(30)31-22-11-16(3)15(2)10-21(18)22/h6-12H,5,13-14H2,1-4H3,(H,25,28)(H,26,29). The van der Waals surface area contributed by atoms with Gasteiger partial charge in [-0.05, 0) is 73.5 Å². The van der Waals surface area contributed by atoms with E-state index in [9.17, 15) is 14.4 Å². The summed E-state index contributed by atoms with van der Waals surface area (Å²) in [5.74, 6) is -0.309. The molecule has 0 aliphatic heterocycles. The van der Waals surface area contributed by atoms with Crippen molar-refractivity contribution in [2.75, 3.05) is 23.7 Å². The lowest BCUT2D eigenvalue weighted by Gasteiger charge is -2.21. The van der Waals surface area contributed by atoms with E-state index in [2.05, 4.69) is 10.6 Å². The second-order valence-electron chi connectivity index (χ2n) is 7.63. The summed E-state index contributed by atoms with van der Waals surface area (Å²) in [4.78, 5) is 37.7. The van der Waals surface area contributed by atoms with Gasteiger partial charge in [0.05, 0.1) is 6.54 Å². The first-order chi connectivity index (χ1) is 14.7. The largest absolute Gasteiger partial charge is 0.423 e. The van der Waals surface area contributed by atoms with Gasteiger partial charge in [0.1, 0.15) is 5.58 Å². The lowest BCUT2D eigenvalue weighted by Crippen LogP contribution is -2.33. The molecule has 1 heterocycles. The highest BCUT2D eigenvalue weighted by atomic mass is 16.4. The molecule has 2 aromatic carbocycles. The predicted octanol–water partition coefficient (Wildman–Crippen LogP) is 3.83. The molecule has 0 aliphatic carbocycles. The van der Waals surface area contributed by atoms with Gasteiger partial charge in [0, 0.05) is 36.3 Å². The monoisotopic (exact) mass is 421 g/mol. The molecule has 0 aliphatic rings. The van der Waals surface area contributed by atoms with Crippen molar-refractivity contribution in [3.05, 3.63) is 69.6 Å². The number of hydrogen-bond donors (Lipinski definition) is 2. The van der Waals surface area contributed by atoms with E-state index in [0.717, 1.165) is 22.1 Å². The Balaban J connectivity index is 1.72. The van der Waals surface area contributed by atoms with Crippen molar-refractivity contribution in [1.29, 1.82) is 0 Å². The highest BCUT2D eigenvalue weighted by Gasteiger charge is 2.14. The van der Waals surface area contributed by atoms with Gasteiger partial charge in [0.2, 0.25) is 11.8 Å². The van der Waals surface area contributed by atoms with Gasteiger partial charge >= 0.3 is 5.63 Å². The fourth-order valence-electron chi connectivity index (χ4n) is 3.38. The van der Waals surface area contributed by atoms with Gasteiger partial charge in [-0.1, -0.05) is 6.92 Å². The summed E-state index contributed by atoms with van der Waals surface area (Å²) < 4.78 is 5.37. The van der Waals surface area contributed by atoms with Crippen LogP contribution >= 0.6 is 0 Å². The van der Waals surface area contributed by atoms with Crippen LogP contribution in [-0.4, -0.2) is 29.8 Å². The Labute approximate surface area is 181 Å². The minimum absolute atomic E-state index is 0.150. The van der Waals surface area contributed by atoms with Crippen molar-refractivity contribution in [3.63, 3.8) is 0 Å². The molecule has 3 rings (SSSR count). The number of amides is 2. The zero-order chi connectivity index (χ0) is 22.5. The van der Waals surface area contributed by atoms with E-state index in [0.29, 0.717) is 30.0 Å². The topological polar surface area (TPSA) is 91.7 Å². The van der Waals surface area contributed by atoms with E-state index in [-0.39, 0.29) is 18.4 Å². The Morgan fingerprint density at radius 1 is 0.968 bits per heavy atom. The van der Waals surface area contributed by atoms with Crippen molar-refractivity contribution >= 4 is 34.2 Å². The molecule has 2 amide bonds. The van der Waals surface area contributed by atoms with E-state index >= 15 is 0 Å². The lowest BCUT2D eigenvalue weighted by molar-refractivity contribution is -0.117. The van der Waals surface area contributed by atoms with Crippen molar-refractivity contribution in [3.8, 4) is 0 Å². The Kier molecular flexibility index (Phi) is 6.87. The highest BCUT2D eigenvalue weighted by molar-refractivity contribution is 5.93. The first kappa shape index (κ1) is 22.2. The molecule has 0 saturated heterocycles. The summed E-state index contributed by atoms with van der Waals surface area (Å²) in [5.41, 5.74) is 4.49. The van der Waals surface area contributed by atoms with Crippen LogP contribution in [0.25, 0.3) is 11.0 Å². The third-order valence-electron chi connectivity index (χ3n) is 5.14. The van der Waals surface area contributed by atoms with E-state index in [1.807, 2.05) is 37.8 Å². The Hall–Kier alpha value is -3.45. The Bertz CT molecular complexity index is 1170. The summed E-state index contributed by atoms with van der Waals surface area (Å²) in [6.07, 6.45) is 0. The van der Waals surface area contributed by atoms with Crippen LogP contribution in [-0.2, 0) is 16.1 Å². The number of benzene rings is 2. The molecule has 0 unspecified atom stereocenters. The Morgan fingerprint density at radius 2 is 1.58 bits per heavy atom. The molecule has 7 nitrogen and oxygen atoms in total. The number of fused-ring (bicyclic) bond motifs is 1. The molecule has 1 aromatic heterocycles. The second-order valence-corrected chi connectivity index (χ2v) is 7.63. The molecule has 0 atom stereocenters. The molecule has 31 heavy (non-hydrogen) atoms. The average molecular weight is 421 g/mol. The molecule has 0 fully saturated rings. The van der Waals surface area contributed by atoms with Gasteiger partial charge in [-0.2, -0.15) is 0 Å². The van der Waals surface area contributed by atoms with Crippen LogP contribution < -0.4 is 16.3 Å². The third-order valence-corrected chi connectivity index (χ3v) is 5.14. The number of carbonyl (C=O) groups excluding carboxylic acids is 2. The van der Waals surface area contributed by atoms with Gasteiger partial charge in [-0.25, -0.2) is 4.79 Å². The number of hydrogen-bond acceptors (Lipinski definition) is 5. The van der Waals surface area contributed by atoms with Crippen LogP contribution in [0.5, 0.6) is 0 Å². The minimum atomic E-state index is -0.398. The van der Waals surface area contributed by atoms with Gasteiger partial charge < -0.3 is 15.1 Å². The molecule has 0 radical (unpaired) electrons. The molecular formula is C24H27N3O4. The summed E-state index contributed by atoms with van der Waals surface area (Å²) in [6, 6.07) is 12.3. The summed E-state index contributed by atoms with van der Waals surface area (Å²) >= 11 is 0. The van der Waals surface area contributed by atoms with Crippen molar-refractivity contribution in [1.82, 2.24) is 4.90 Å². The maximum absolute atomic E-state index is 12.6. The number of likely N-dealkylation sites (N-methyl/N-ethyl adjacent to an activating group) is 1. The zero-order valence-corrected chi connectivity index (χ0v) is 18.2. The summed E-state index contributed by atoms with van der Waals surface area (Å²) in [7, 11) is 0. The predicted molar refractivity (Wildman–Crippen MR) is 122 cm³/mol. The minimum Gasteiger partial charge on any atom is -0.423 e. The van der Waals surface area contributed by atoms with Crippen LogP contribution in [0.3, 0.4) is 0 Å². The van der Waals surface area contributed by atoms with Crippen LogP contribution in [0.2, 0.25) is 0 Å². The average Bonchev–Trinajstić information content (AvgIpc) is 2.70. The molecule has 0 spiro atoms. The van der Waals surface area contributed by atoms with Crippen LogP contribution in [0, 0.1) is 13.8 Å². The summed E-state index contributed by atoms with van der Waals surface area (Å²) in [6.45, 7) is 8.68. The second kappa shape index (κ2) is 9.57. The van der Waals surface area contributed by atoms with Crippen LogP contribution in [0.15, 0.2) is 51.7 Å². The number of carbonyl (C=O) groups is 2. The zero-order valence-electron chi connectivity index (χ0n) is 18.2. The quantitative estimate of drug-likeness (QED) is 0.566. The van der Waals surface area contributed by atoms with Crippen LogP contribution in [0.4, 0.5) is 11.4 Å². The van der Waals surface area contributed by atoms with Gasteiger partial charge in [0.15, 0.2) is 0 Å². The number of anilines is 2. The highest BCUT2D eigenvalue weighted by Crippen LogP contribution is 2.22. The van der Waals surface area contributed by atoms with Crippen molar-refractivity contribution in [2.45, 2.75) is 34.2 Å². The fraction of sp³-hybridized carbons (Fsp3) is 0.292. The van der Waals surface area contributed by atoms with E-state index in [1.165, 1.54) is 13.0 Å². The molecule has 3 aromatic rings. The number of nitrogens with one attached hydrogen (secondary N) is 2. The SMILES string of the molecule is CCN(CC(=O)Nc1ccc(NC(C)=O)cc1)Cc1cc(=O)oc2cc(C)c(C)cc12. The molecule has 0 bridgehead atoms. The van der Waals surface area contributed by atoms with E-state index in [4.69, 9.17) is 4.42 Å². The number of rotatable bonds is 7. The number of nitrogens with zero attached hydrogens (tertiary/aromatic N) is 1. The maximum Gasteiger partial charge on any atom is 0.336 e. The lowest BCUT2D eigenvalue weighted by atomic mass is 10.0. The Morgan fingerprint density at radius 3 is 2.19 bits per heavy atom. The molecule has 0 saturated carbocycles. The smallest absolute Gasteiger partial charge is 0.336 e. The van der Waals surface area contributed by atoms with Crippen molar-refractivity contribution in [2.24, 2.45) is 0 Å². The first-order valence-electron chi connectivity index (χ1n) is 10.2.